The smallest absolute Gasteiger partial charge is 0.271 e. The zero-order valence-corrected chi connectivity index (χ0v) is 12.6. The predicted molar refractivity (Wildman–Crippen MR) is 84.2 cm³/mol. The van der Waals surface area contributed by atoms with Crippen molar-refractivity contribution in [3.8, 4) is 5.75 Å². The maximum atomic E-state index is 11.9. The molecule has 2 aromatic carbocycles. The van der Waals surface area contributed by atoms with E-state index in [0.717, 1.165) is 0 Å². The van der Waals surface area contributed by atoms with Crippen molar-refractivity contribution in [3.63, 3.8) is 0 Å². The lowest BCUT2D eigenvalue weighted by molar-refractivity contribution is 0.0955. The second-order valence-corrected chi connectivity index (χ2v) is 5.15. The molecule has 21 heavy (non-hydrogen) atoms. The summed E-state index contributed by atoms with van der Waals surface area (Å²) in [5.74, 6) is -0.279. The van der Waals surface area contributed by atoms with E-state index in [-0.39, 0.29) is 11.7 Å². The summed E-state index contributed by atoms with van der Waals surface area (Å²) in [6.45, 7) is 1.73. The largest absolute Gasteiger partial charge is 0.508 e. The Hall–Kier alpha value is -2.04. The maximum Gasteiger partial charge on any atom is 0.271 e. The molecule has 0 spiro atoms. The number of hydrogen-bond acceptors (Lipinski definition) is 3. The molecule has 6 heteroatoms. The first-order valence-corrected chi connectivity index (χ1v) is 6.82. The van der Waals surface area contributed by atoms with Crippen LogP contribution in [0.1, 0.15) is 22.8 Å². The van der Waals surface area contributed by atoms with Crippen molar-refractivity contribution in [2.75, 3.05) is 0 Å². The highest BCUT2D eigenvalue weighted by molar-refractivity contribution is 6.37. The fraction of sp³-hybridized carbons (Fsp3) is 0.0667. The monoisotopic (exact) mass is 322 g/mol. The van der Waals surface area contributed by atoms with E-state index in [1.165, 1.54) is 24.3 Å². The number of phenols is 1. The van der Waals surface area contributed by atoms with Crippen LogP contribution in [0.3, 0.4) is 0 Å². The number of hydrazone groups is 1. The van der Waals surface area contributed by atoms with Crippen molar-refractivity contribution in [2.24, 2.45) is 5.10 Å². The van der Waals surface area contributed by atoms with Gasteiger partial charge in [-0.15, -0.1) is 0 Å². The third kappa shape index (κ3) is 3.97. The summed E-state index contributed by atoms with van der Waals surface area (Å²) in [5.41, 5.74) is 4.08. The lowest BCUT2D eigenvalue weighted by Crippen LogP contribution is -2.19. The van der Waals surface area contributed by atoms with Crippen LogP contribution in [-0.2, 0) is 0 Å². The van der Waals surface area contributed by atoms with E-state index < -0.39 is 0 Å². The normalized spacial score (nSPS) is 11.3. The first-order valence-electron chi connectivity index (χ1n) is 6.06. The number of nitrogens with zero attached hydrogens (tertiary/aromatic N) is 1. The van der Waals surface area contributed by atoms with Crippen molar-refractivity contribution in [2.45, 2.75) is 6.92 Å². The molecule has 2 aromatic rings. The Bertz CT molecular complexity index is 697. The van der Waals surface area contributed by atoms with Gasteiger partial charge in [-0.2, -0.15) is 5.10 Å². The van der Waals surface area contributed by atoms with Gasteiger partial charge in [-0.3, -0.25) is 4.79 Å². The first kappa shape index (κ1) is 15.4. The lowest BCUT2D eigenvalue weighted by atomic mass is 10.1. The third-order valence-electron chi connectivity index (χ3n) is 2.78. The molecule has 1 amide bonds. The quantitative estimate of drug-likeness (QED) is 0.666. The third-order valence-corrected chi connectivity index (χ3v) is 3.32. The summed E-state index contributed by atoms with van der Waals surface area (Å²) < 4.78 is 0. The second-order valence-electron chi connectivity index (χ2n) is 4.31. The maximum absolute atomic E-state index is 11.9. The molecule has 0 saturated carbocycles. The number of carbonyl (C=O) groups is 1. The molecular formula is C15H12Cl2N2O2. The molecule has 0 aliphatic carbocycles. The van der Waals surface area contributed by atoms with Crippen LogP contribution in [0.15, 0.2) is 47.6 Å². The first-order chi connectivity index (χ1) is 9.97. The van der Waals surface area contributed by atoms with Crippen LogP contribution in [0.4, 0.5) is 0 Å². The second kappa shape index (κ2) is 6.61. The van der Waals surface area contributed by atoms with Gasteiger partial charge in [-0.25, -0.2) is 5.43 Å². The molecule has 0 fully saturated rings. The van der Waals surface area contributed by atoms with Gasteiger partial charge in [0.2, 0.25) is 0 Å². The number of rotatable bonds is 3. The van der Waals surface area contributed by atoms with E-state index in [4.69, 9.17) is 23.2 Å². The van der Waals surface area contributed by atoms with Crippen LogP contribution in [0.2, 0.25) is 10.0 Å². The van der Waals surface area contributed by atoms with E-state index in [1.807, 2.05) is 0 Å². The van der Waals surface area contributed by atoms with E-state index in [9.17, 15) is 9.90 Å². The standard InChI is InChI=1S/C15H12Cl2N2O2/c1-9(13-7-4-11(16)8-14(13)17)18-19-15(21)10-2-5-12(20)6-3-10/h2-8,20H,1H3,(H,19,21)/b18-9+. The number of hydrogen-bond donors (Lipinski definition) is 2. The highest BCUT2D eigenvalue weighted by atomic mass is 35.5. The van der Waals surface area contributed by atoms with E-state index in [2.05, 4.69) is 10.5 Å². The minimum Gasteiger partial charge on any atom is -0.508 e. The highest BCUT2D eigenvalue weighted by Gasteiger charge is 2.07. The number of aromatic hydroxyl groups is 1. The minimum atomic E-state index is -0.376. The van der Waals surface area contributed by atoms with Crippen LogP contribution >= 0.6 is 23.2 Å². The average Bonchev–Trinajstić information content (AvgIpc) is 2.45. The van der Waals surface area contributed by atoms with Crippen molar-refractivity contribution in [3.05, 3.63) is 63.6 Å². The summed E-state index contributed by atoms with van der Waals surface area (Å²) in [6.07, 6.45) is 0. The molecule has 108 valence electrons. The number of nitrogens with one attached hydrogen (secondary N) is 1. The zero-order chi connectivity index (χ0) is 15.4. The fourth-order valence-electron chi connectivity index (χ4n) is 1.66. The van der Waals surface area contributed by atoms with Gasteiger partial charge < -0.3 is 5.11 Å². The van der Waals surface area contributed by atoms with Gasteiger partial charge in [0.25, 0.3) is 5.91 Å². The molecular weight excluding hydrogens is 311 g/mol. The van der Waals surface area contributed by atoms with E-state index >= 15 is 0 Å². The number of carbonyl (C=O) groups excluding carboxylic acids is 1. The Morgan fingerprint density at radius 1 is 1.14 bits per heavy atom. The Labute approximate surface area is 132 Å². The highest BCUT2D eigenvalue weighted by Crippen LogP contribution is 2.21. The summed E-state index contributed by atoms with van der Waals surface area (Å²) in [7, 11) is 0. The van der Waals surface area contributed by atoms with Crippen LogP contribution in [0, 0.1) is 0 Å². The molecule has 0 unspecified atom stereocenters. The molecule has 2 rings (SSSR count). The summed E-state index contributed by atoms with van der Waals surface area (Å²) in [6, 6.07) is 10.9. The Balaban J connectivity index is 2.12. The minimum absolute atomic E-state index is 0.0965. The lowest BCUT2D eigenvalue weighted by Gasteiger charge is -2.05. The van der Waals surface area contributed by atoms with Crippen LogP contribution in [0.25, 0.3) is 0 Å². The topological polar surface area (TPSA) is 61.7 Å². The van der Waals surface area contributed by atoms with E-state index in [0.29, 0.717) is 26.9 Å². The Morgan fingerprint density at radius 3 is 2.43 bits per heavy atom. The molecule has 2 N–H and O–H groups in total. The molecule has 0 aliphatic rings. The molecule has 0 saturated heterocycles. The van der Waals surface area contributed by atoms with Crippen LogP contribution in [-0.4, -0.2) is 16.7 Å². The Kier molecular flexibility index (Phi) is 4.83. The number of halogens is 2. The fourth-order valence-corrected chi connectivity index (χ4v) is 2.20. The van der Waals surface area contributed by atoms with Crippen molar-refractivity contribution < 1.29 is 9.90 Å². The van der Waals surface area contributed by atoms with Gasteiger partial charge >= 0.3 is 0 Å². The molecule has 4 nitrogen and oxygen atoms in total. The van der Waals surface area contributed by atoms with Crippen molar-refractivity contribution in [1.82, 2.24) is 5.43 Å². The van der Waals surface area contributed by atoms with Gasteiger partial charge in [-0.05, 0) is 43.3 Å². The molecule has 0 atom stereocenters. The van der Waals surface area contributed by atoms with Gasteiger partial charge in [-0.1, -0.05) is 29.3 Å². The number of phenolic OH excluding ortho intramolecular Hbond substituents is 1. The van der Waals surface area contributed by atoms with Gasteiger partial charge in [0, 0.05) is 16.1 Å². The van der Waals surface area contributed by atoms with Gasteiger partial charge in [0.15, 0.2) is 0 Å². The van der Waals surface area contributed by atoms with Crippen molar-refractivity contribution >= 4 is 34.8 Å². The van der Waals surface area contributed by atoms with Crippen LogP contribution in [0.5, 0.6) is 5.75 Å². The van der Waals surface area contributed by atoms with Gasteiger partial charge in [0.05, 0.1) is 10.7 Å². The van der Waals surface area contributed by atoms with E-state index in [1.54, 1.807) is 25.1 Å². The average molecular weight is 323 g/mol. The van der Waals surface area contributed by atoms with Crippen LogP contribution < -0.4 is 5.43 Å². The summed E-state index contributed by atoms with van der Waals surface area (Å²) in [4.78, 5) is 11.9. The zero-order valence-electron chi connectivity index (χ0n) is 11.1. The molecule has 0 heterocycles. The summed E-state index contributed by atoms with van der Waals surface area (Å²) in [5, 5.41) is 14.2. The molecule has 0 bridgehead atoms. The van der Waals surface area contributed by atoms with Crippen molar-refractivity contribution in [1.29, 1.82) is 0 Å². The number of amides is 1. The summed E-state index contributed by atoms with van der Waals surface area (Å²) >= 11 is 11.9. The molecule has 0 radical (unpaired) electrons. The van der Waals surface area contributed by atoms with Gasteiger partial charge in [0.1, 0.15) is 5.75 Å². The Morgan fingerprint density at radius 2 is 1.81 bits per heavy atom. The number of benzene rings is 2. The molecule has 0 aliphatic heterocycles. The predicted octanol–water partition coefficient (Wildman–Crippen LogP) is 3.85. The SMILES string of the molecule is C/C(=N\NC(=O)c1ccc(O)cc1)c1ccc(Cl)cc1Cl. The molecule has 0 aromatic heterocycles.